The van der Waals surface area contributed by atoms with Crippen LogP contribution in [-0.2, 0) is 39.9 Å². The van der Waals surface area contributed by atoms with Crippen LogP contribution < -0.4 is 26.4 Å². The molecule has 3 amide bonds. The summed E-state index contributed by atoms with van der Waals surface area (Å²) in [6.45, 7) is 7.32. The van der Waals surface area contributed by atoms with Crippen molar-refractivity contribution in [2.75, 3.05) is 19.6 Å². The van der Waals surface area contributed by atoms with Gasteiger partial charge in [0.2, 0.25) is 5.78 Å². The lowest BCUT2D eigenvalue weighted by Crippen LogP contribution is -2.50. The van der Waals surface area contributed by atoms with Gasteiger partial charge in [0.05, 0.1) is 15.4 Å². The van der Waals surface area contributed by atoms with Gasteiger partial charge in [-0.1, -0.05) is 32.4 Å². The summed E-state index contributed by atoms with van der Waals surface area (Å²) in [6, 6.07) is 10.5. The zero-order valence-electron chi connectivity index (χ0n) is 32.1. The third-order valence-electron chi connectivity index (χ3n) is 8.12. The Labute approximate surface area is 340 Å². The van der Waals surface area contributed by atoms with Crippen molar-refractivity contribution in [2.24, 2.45) is 5.73 Å². The van der Waals surface area contributed by atoms with E-state index in [0.717, 1.165) is 55.0 Å². The van der Waals surface area contributed by atoms with Crippen LogP contribution in [0.2, 0.25) is 0 Å². The largest absolute Gasteiger partial charge is 0.747 e. The second-order valence-electron chi connectivity index (χ2n) is 12.4. The van der Waals surface area contributed by atoms with Gasteiger partial charge < -0.3 is 40.1 Å². The lowest BCUT2D eigenvalue weighted by molar-refractivity contribution is -0.138. The highest BCUT2D eigenvalue weighted by Gasteiger charge is 2.35. The van der Waals surface area contributed by atoms with E-state index in [-0.39, 0.29) is 41.8 Å². The molecule has 5 N–H and O–H groups in total. The molecule has 3 aromatic rings. The van der Waals surface area contributed by atoms with Gasteiger partial charge in [0.1, 0.15) is 41.0 Å². The Kier molecular flexibility index (Phi) is 17.7. The number of carbonyl (C=O) groups is 6. The molecule has 3 aromatic carbocycles. The minimum atomic E-state index is -5.17. The van der Waals surface area contributed by atoms with E-state index >= 15 is 0 Å². The molecule has 1 unspecified atom stereocenters. The molecule has 0 fully saturated rings. The second kappa shape index (κ2) is 21.0. The third kappa shape index (κ3) is 13.8. The second-order valence-corrected chi connectivity index (χ2v) is 16.8. The maximum absolute atomic E-state index is 13.1. The predicted molar refractivity (Wildman–Crippen MR) is 204 cm³/mol. The highest BCUT2D eigenvalue weighted by molar-refractivity contribution is 7.87. The smallest absolute Gasteiger partial charge is 0.343 e. The third-order valence-corrected chi connectivity index (χ3v) is 11.3. The lowest BCUT2D eigenvalue weighted by atomic mass is 10.0. The van der Waals surface area contributed by atoms with Gasteiger partial charge >= 0.3 is 5.97 Å². The number of hydrogen-bond acceptors (Lipinski definition) is 17. The van der Waals surface area contributed by atoms with Gasteiger partial charge in [0.15, 0.2) is 5.78 Å². The normalized spacial score (nSPS) is 12.5. The van der Waals surface area contributed by atoms with Crippen LogP contribution in [0.3, 0.4) is 0 Å². The fourth-order valence-corrected chi connectivity index (χ4v) is 6.79. The van der Waals surface area contributed by atoms with Crippen LogP contribution >= 0.6 is 0 Å². The summed E-state index contributed by atoms with van der Waals surface area (Å²) in [5, 5.41) is 7.23. The number of Topliss-reactive ketones (excluding diaryl/α,β-unsaturated/α-hetero) is 1. The number of carbonyl (C=O) groups excluding carboxylic acids is 6. The molecule has 0 radical (unpaired) electrons. The summed E-state index contributed by atoms with van der Waals surface area (Å²) in [7, 11) is -15.2. The molecule has 0 bridgehead atoms. The molecule has 322 valence electrons. The molecule has 0 aliphatic rings. The molecule has 0 aromatic heterocycles. The Morgan fingerprint density at radius 1 is 0.661 bits per heavy atom. The van der Waals surface area contributed by atoms with E-state index in [2.05, 4.69) is 16.0 Å². The van der Waals surface area contributed by atoms with Gasteiger partial charge in [0.25, 0.3) is 17.7 Å². The number of unbranched alkanes of at least 4 members (excludes halogenated alkanes) is 1. The van der Waals surface area contributed by atoms with Crippen LogP contribution in [-0.4, -0.2) is 98.7 Å². The van der Waals surface area contributed by atoms with Gasteiger partial charge in [-0.2, -0.15) is 0 Å². The molecule has 0 heterocycles. The fraction of sp³-hybridized carbons (Fsp3) is 0.333. The van der Waals surface area contributed by atoms with E-state index in [1.165, 1.54) is 19.1 Å². The van der Waals surface area contributed by atoms with Crippen molar-refractivity contribution in [3.05, 3.63) is 88.5 Å². The molecule has 3 rings (SSSR count). The molecule has 23 heteroatoms. The number of benzene rings is 3. The van der Waals surface area contributed by atoms with E-state index in [9.17, 15) is 67.7 Å². The number of nitrogens with two attached hydrogens (primary N) is 1. The van der Waals surface area contributed by atoms with Gasteiger partial charge in [-0.25, -0.2) is 30.0 Å². The molecular weight excluding hydrogens is 841 g/mol. The topological polar surface area (TPSA) is 345 Å². The Bertz CT molecular complexity index is 2420. The average molecular weight is 882 g/mol. The maximum Gasteiger partial charge on any atom is 0.343 e. The number of likely N-dealkylation sites (N-methyl/N-ethyl adjacent to an activating group) is 1. The first-order valence-corrected chi connectivity index (χ1v) is 21.8. The summed E-state index contributed by atoms with van der Waals surface area (Å²) in [5.41, 5.74) is 4.22. The minimum Gasteiger partial charge on any atom is -0.747 e. The van der Waals surface area contributed by atoms with Crippen molar-refractivity contribution in [3.63, 3.8) is 0 Å². The Hall–Kier alpha value is -5.43. The van der Waals surface area contributed by atoms with Crippen LogP contribution in [0.15, 0.2) is 70.5 Å². The molecule has 0 aliphatic carbocycles. The highest BCUT2D eigenvalue weighted by atomic mass is 32.2. The van der Waals surface area contributed by atoms with Crippen LogP contribution in [0.25, 0.3) is 0 Å². The van der Waals surface area contributed by atoms with Crippen molar-refractivity contribution in [1.82, 2.24) is 16.0 Å². The first-order chi connectivity index (χ1) is 27.3. The summed E-state index contributed by atoms with van der Waals surface area (Å²) in [4.78, 5) is 68.4. The van der Waals surface area contributed by atoms with E-state index in [0.29, 0.717) is 13.0 Å². The molecule has 59 heavy (non-hydrogen) atoms. The van der Waals surface area contributed by atoms with Crippen LogP contribution in [0.1, 0.15) is 100 Å². The molecule has 0 spiro atoms. The SMILES string of the molecule is CCCCNC(=O)c1ccc(OC(=O)c2ccc(C(=O)c3ccc(C(=O)NCC)cc3S(=O)(=O)[O-])cc2)c(S(=O)(=O)[O-])c1.CCNC(=O)C(=O)CC(N)(CC)S(=O)(=O)[O-]. The summed E-state index contributed by atoms with van der Waals surface area (Å²) in [5.74, 6) is -5.85. The monoisotopic (exact) mass is 881 g/mol. The first-order valence-electron chi connectivity index (χ1n) is 17.5. The van der Waals surface area contributed by atoms with Gasteiger partial charge in [-0.05, 0) is 75.2 Å². The van der Waals surface area contributed by atoms with Crippen LogP contribution in [0.5, 0.6) is 5.75 Å². The maximum atomic E-state index is 13.1. The number of esters is 1. The molecule has 1 atom stereocenters. The van der Waals surface area contributed by atoms with E-state index in [4.69, 9.17) is 10.5 Å². The van der Waals surface area contributed by atoms with Crippen molar-refractivity contribution < 1.29 is 72.4 Å². The Balaban J connectivity index is 0.000000632. The summed E-state index contributed by atoms with van der Waals surface area (Å²) < 4.78 is 109. The number of ether oxygens (including phenoxy) is 1. The molecule has 0 saturated carbocycles. The van der Waals surface area contributed by atoms with Gasteiger partial charge in [-0.3, -0.25) is 24.0 Å². The standard InChI is InChI=1S/C28H28N2O11S2.C8H16N2O5S/c1-3-5-14-30-27(33)20-11-13-22(24(16-20)43(38,39)40)41-28(34)18-8-6-17(7-9-18)25(31)21-12-10-19(26(32)29-4-2)15-23(21)42(35,36)37;1-3-8(9,16(13,14)15)5-6(11)7(12)10-4-2/h6-13,15-16H,3-5,14H2,1-2H3,(H,29,32)(H,30,33)(H,35,36,37)(H,38,39,40);3-5,9H2,1-2H3,(H,10,12)(H,13,14,15)/p-3. The number of hydrogen-bond donors (Lipinski definition) is 4. The summed E-state index contributed by atoms with van der Waals surface area (Å²) >= 11 is 0. The average Bonchev–Trinajstić information content (AvgIpc) is 3.16. The zero-order chi connectivity index (χ0) is 44.9. The van der Waals surface area contributed by atoms with Crippen molar-refractivity contribution in [2.45, 2.75) is 68.0 Å². The number of nitrogens with one attached hydrogen (secondary N) is 3. The minimum absolute atomic E-state index is 0.131. The summed E-state index contributed by atoms with van der Waals surface area (Å²) in [6.07, 6.45) is 0.451. The van der Waals surface area contributed by atoms with Gasteiger partial charge in [-0.15, -0.1) is 0 Å². The zero-order valence-corrected chi connectivity index (χ0v) is 34.5. The van der Waals surface area contributed by atoms with Crippen LogP contribution in [0.4, 0.5) is 0 Å². The highest BCUT2D eigenvalue weighted by Crippen LogP contribution is 2.27. The molecule has 20 nitrogen and oxygen atoms in total. The quantitative estimate of drug-likeness (QED) is 0.0344. The molecule has 0 saturated heterocycles. The van der Waals surface area contributed by atoms with Crippen molar-refractivity contribution in [1.29, 1.82) is 0 Å². The molecular formula is C36H41N4O16S3-3. The number of rotatable bonds is 18. The first kappa shape index (κ1) is 49.7. The van der Waals surface area contributed by atoms with Gasteiger partial charge in [0, 0.05) is 48.3 Å². The van der Waals surface area contributed by atoms with E-state index < -0.39 is 98.0 Å². The van der Waals surface area contributed by atoms with Crippen molar-refractivity contribution in [3.8, 4) is 5.75 Å². The Morgan fingerprint density at radius 3 is 1.64 bits per heavy atom. The molecule has 0 aliphatic heterocycles. The van der Waals surface area contributed by atoms with E-state index in [1.807, 2.05) is 6.92 Å². The Morgan fingerprint density at radius 2 is 1.15 bits per heavy atom. The van der Waals surface area contributed by atoms with Crippen molar-refractivity contribution >= 4 is 65.6 Å². The van der Waals surface area contributed by atoms with Crippen LogP contribution in [0, 0.1) is 0 Å². The fourth-order valence-electron chi connectivity index (χ4n) is 4.80. The predicted octanol–water partition coefficient (Wildman–Crippen LogP) is 0.917. The lowest BCUT2D eigenvalue weighted by Gasteiger charge is -2.29. The van der Waals surface area contributed by atoms with E-state index in [1.54, 1.807) is 13.8 Å². The number of amides is 3. The number of ketones is 2.